The number of aromatic nitrogens is 2. The van der Waals surface area contributed by atoms with Crippen LogP contribution in [0.2, 0.25) is 0 Å². The van der Waals surface area contributed by atoms with Gasteiger partial charge in [0.1, 0.15) is 17.2 Å². The number of rotatable bonds is 6. The molecule has 0 radical (unpaired) electrons. The highest BCUT2D eigenvalue weighted by atomic mass is 16.6. The van der Waals surface area contributed by atoms with Crippen LogP contribution in [0, 0.1) is 17.0 Å². The van der Waals surface area contributed by atoms with E-state index in [1.165, 1.54) is 34.4 Å². The zero-order valence-electron chi connectivity index (χ0n) is 14.1. The van der Waals surface area contributed by atoms with Crippen molar-refractivity contribution in [3.05, 3.63) is 45.3 Å². The van der Waals surface area contributed by atoms with E-state index in [4.69, 9.17) is 9.47 Å². The van der Waals surface area contributed by atoms with E-state index in [1.807, 2.05) is 0 Å². The minimum atomic E-state index is -0.737. The van der Waals surface area contributed by atoms with Crippen molar-refractivity contribution < 1.29 is 19.2 Å². The molecule has 2 aromatic rings. The molecular formula is C15H17N5O5. The van der Waals surface area contributed by atoms with Gasteiger partial charge in [-0.3, -0.25) is 19.6 Å². The molecule has 0 bridgehead atoms. The van der Waals surface area contributed by atoms with E-state index in [1.54, 1.807) is 18.2 Å². The molecule has 0 saturated heterocycles. The van der Waals surface area contributed by atoms with Crippen molar-refractivity contribution in [1.29, 1.82) is 0 Å². The highest BCUT2D eigenvalue weighted by Gasteiger charge is 2.29. The van der Waals surface area contributed by atoms with Gasteiger partial charge in [-0.15, -0.1) is 0 Å². The number of amides is 1. The molecule has 132 valence electrons. The molecule has 1 N–H and O–H groups in total. The first-order valence-corrected chi connectivity index (χ1v) is 7.12. The number of hydrogen-bond donors (Lipinski definition) is 1. The third kappa shape index (κ3) is 3.74. The fourth-order valence-electron chi connectivity index (χ4n) is 2.26. The summed E-state index contributed by atoms with van der Waals surface area (Å²) in [6, 6.07) is 5.07. The smallest absolute Gasteiger partial charge is 0.322 e. The van der Waals surface area contributed by atoms with Crippen molar-refractivity contribution in [1.82, 2.24) is 15.2 Å². The van der Waals surface area contributed by atoms with Gasteiger partial charge in [0.2, 0.25) is 5.69 Å². The summed E-state index contributed by atoms with van der Waals surface area (Å²) < 4.78 is 11.5. The van der Waals surface area contributed by atoms with E-state index in [0.29, 0.717) is 17.1 Å². The zero-order chi connectivity index (χ0) is 18.6. The molecule has 1 heterocycles. The van der Waals surface area contributed by atoms with Crippen molar-refractivity contribution >= 4 is 17.8 Å². The van der Waals surface area contributed by atoms with Crippen molar-refractivity contribution in [2.45, 2.75) is 6.92 Å². The molecule has 0 fully saturated rings. The fraction of sp³-hybridized carbons (Fsp3) is 0.267. The Morgan fingerprint density at radius 2 is 2.12 bits per heavy atom. The van der Waals surface area contributed by atoms with Gasteiger partial charge in [0.05, 0.1) is 25.4 Å². The molecular weight excluding hydrogens is 330 g/mol. The van der Waals surface area contributed by atoms with Crippen LogP contribution in [0.15, 0.2) is 23.3 Å². The number of hydrazone groups is 1. The maximum atomic E-state index is 12.2. The monoisotopic (exact) mass is 347 g/mol. The highest BCUT2D eigenvalue weighted by Crippen LogP contribution is 2.23. The molecule has 0 aliphatic rings. The lowest BCUT2D eigenvalue weighted by Crippen LogP contribution is -2.22. The molecule has 0 atom stereocenters. The quantitative estimate of drug-likeness (QED) is 0.479. The van der Waals surface area contributed by atoms with Crippen molar-refractivity contribution in [3.8, 4) is 11.5 Å². The van der Waals surface area contributed by atoms with Gasteiger partial charge >= 0.3 is 5.69 Å². The number of methoxy groups -OCH3 is 2. The maximum Gasteiger partial charge on any atom is 0.322 e. The molecule has 0 spiro atoms. The second-order valence-electron chi connectivity index (χ2n) is 4.97. The Bertz CT molecular complexity index is 843. The summed E-state index contributed by atoms with van der Waals surface area (Å²) in [6.45, 7) is 1.46. The minimum Gasteiger partial charge on any atom is -0.497 e. The molecule has 25 heavy (non-hydrogen) atoms. The topological polar surface area (TPSA) is 121 Å². The lowest BCUT2D eigenvalue weighted by Gasteiger charge is -2.06. The number of ether oxygens (including phenoxy) is 2. The Kier molecular flexibility index (Phi) is 5.32. The van der Waals surface area contributed by atoms with E-state index in [-0.39, 0.29) is 17.1 Å². The molecule has 1 aromatic carbocycles. The normalized spacial score (nSPS) is 10.7. The Morgan fingerprint density at radius 3 is 2.72 bits per heavy atom. The summed E-state index contributed by atoms with van der Waals surface area (Å²) in [5.41, 5.74) is 2.47. The number of hydrogen-bond acceptors (Lipinski definition) is 7. The third-order valence-electron chi connectivity index (χ3n) is 3.40. The highest BCUT2D eigenvalue weighted by molar-refractivity contribution is 5.97. The third-order valence-corrected chi connectivity index (χ3v) is 3.40. The lowest BCUT2D eigenvalue weighted by molar-refractivity contribution is -0.385. The van der Waals surface area contributed by atoms with Gasteiger partial charge in [-0.1, -0.05) is 0 Å². The van der Waals surface area contributed by atoms with Crippen LogP contribution in [-0.2, 0) is 7.05 Å². The van der Waals surface area contributed by atoms with Crippen molar-refractivity contribution in [2.24, 2.45) is 12.1 Å². The van der Waals surface area contributed by atoms with E-state index in [2.05, 4.69) is 15.6 Å². The van der Waals surface area contributed by atoms with E-state index in [0.717, 1.165) is 4.68 Å². The van der Waals surface area contributed by atoms with Crippen molar-refractivity contribution in [3.63, 3.8) is 0 Å². The van der Waals surface area contributed by atoms with Crippen molar-refractivity contribution in [2.75, 3.05) is 14.2 Å². The first-order chi connectivity index (χ1) is 11.9. The number of carbonyl (C=O) groups excluding carboxylic acids is 1. The molecule has 1 aromatic heterocycles. The lowest BCUT2D eigenvalue weighted by atomic mass is 10.2. The summed E-state index contributed by atoms with van der Waals surface area (Å²) in [7, 11) is 4.48. The van der Waals surface area contributed by atoms with Gasteiger partial charge in [0.25, 0.3) is 5.91 Å². The number of aryl methyl sites for hydroxylation is 2. The second-order valence-corrected chi connectivity index (χ2v) is 4.97. The summed E-state index contributed by atoms with van der Waals surface area (Å²) >= 11 is 0. The Labute approximate surface area is 143 Å². The van der Waals surface area contributed by atoms with Crippen LogP contribution in [0.1, 0.15) is 21.7 Å². The number of nitrogens with zero attached hydrogens (tertiary/aromatic N) is 4. The standard InChI is InChI=1S/C15H17N5O5/c1-9-13(20(22)23)14(19(2)18-9)15(21)17-16-8-10-5-6-11(24-3)7-12(10)25-4/h5-8H,1-4H3,(H,17,21)/b16-8+. The minimum absolute atomic E-state index is 0.151. The maximum absolute atomic E-state index is 12.2. The van der Waals surface area contributed by atoms with Crippen LogP contribution < -0.4 is 14.9 Å². The van der Waals surface area contributed by atoms with E-state index in [9.17, 15) is 14.9 Å². The average molecular weight is 347 g/mol. The van der Waals surface area contributed by atoms with Crippen LogP contribution in [0.4, 0.5) is 5.69 Å². The Balaban J connectivity index is 2.21. The summed E-state index contributed by atoms with van der Waals surface area (Å²) in [5.74, 6) is 0.372. The van der Waals surface area contributed by atoms with Gasteiger partial charge in [-0.25, -0.2) is 5.43 Å². The van der Waals surface area contributed by atoms with Crippen LogP contribution >= 0.6 is 0 Å². The van der Waals surface area contributed by atoms with Crippen LogP contribution in [0.3, 0.4) is 0 Å². The van der Waals surface area contributed by atoms with Gasteiger partial charge in [-0.2, -0.15) is 10.2 Å². The second kappa shape index (κ2) is 7.43. The predicted octanol–water partition coefficient (Wildman–Crippen LogP) is 1.42. The Morgan fingerprint density at radius 1 is 1.40 bits per heavy atom. The first kappa shape index (κ1) is 17.9. The summed E-state index contributed by atoms with van der Waals surface area (Å²) in [5, 5.41) is 18.8. The average Bonchev–Trinajstić information content (AvgIpc) is 2.89. The van der Waals surface area contributed by atoms with Gasteiger partial charge < -0.3 is 9.47 Å². The van der Waals surface area contributed by atoms with Gasteiger partial charge in [0, 0.05) is 18.7 Å². The number of benzene rings is 1. The number of nitro groups is 1. The zero-order valence-corrected chi connectivity index (χ0v) is 14.1. The SMILES string of the molecule is COc1ccc(/C=N/NC(=O)c2c([N+](=O)[O-])c(C)nn2C)c(OC)c1. The Hall–Kier alpha value is -3.43. The largest absolute Gasteiger partial charge is 0.497 e. The molecule has 2 rings (SSSR count). The van der Waals surface area contributed by atoms with E-state index < -0.39 is 10.8 Å². The number of carbonyl (C=O) groups is 1. The fourth-order valence-corrected chi connectivity index (χ4v) is 2.26. The van der Waals surface area contributed by atoms with Crippen LogP contribution in [0.5, 0.6) is 11.5 Å². The molecule has 0 unspecified atom stereocenters. The molecule has 1 amide bonds. The molecule has 0 aliphatic heterocycles. The first-order valence-electron chi connectivity index (χ1n) is 7.12. The molecule has 0 saturated carbocycles. The van der Waals surface area contributed by atoms with E-state index >= 15 is 0 Å². The van der Waals surface area contributed by atoms with Crippen LogP contribution in [-0.4, -0.2) is 41.0 Å². The molecule has 0 aliphatic carbocycles. The molecule has 10 heteroatoms. The predicted molar refractivity (Wildman–Crippen MR) is 89.2 cm³/mol. The van der Waals surface area contributed by atoms with Crippen LogP contribution in [0.25, 0.3) is 0 Å². The summed E-state index contributed by atoms with van der Waals surface area (Å²) in [4.78, 5) is 22.7. The molecule has 10 nitrogen and oxygen atoms in total. The van der Waals surface area contributed by atoms with Gasteiger partial charge in [-0.05, 0) is 19.1 Å². The van der Waals surface area contributed by atoms with Gasteiger partial charge in [0.15, 0.2) is 0 Å². The summed E-state index contributed by atoms with van der Waals surface area (Å²) in [6.07, 6.45) is 1.37. The number of nitrogens with one attached hydrogen (secondary N) is 1.